The molecule has 0 bridgehead atoms. The Balaban J connectivity index is 2.80. The molecule has 0 aliphatic heterocycles. The van der Waals surface area contributed by atoms with Crippen molar-refractivity contribution in [2.75, 3.05) is 19.0 Å². The van der Waals surface area contributed by atoms with E-state index in [9.17, 15) is 4.79 Å². The normalized spacial score (nSPS) is 12.5. The van der Waals surface area contributed by atoms with E-state index in [4.69, 9.17) is 5.11 Å². The van der Waals surface area contributed by atoms with Gasteiger partial charge in [0.25, 0.3) is 5.56 Å². The van der Waals surface area contributed by atoms with E-state index in [0.717, 1.165) is 5.69 Å². The van der Waals surface area contributed by atoms with E-state index in [2.05, 4.69) is 5.10 Å². The molecule has 0 aliphatic carbocycles. The Hall–Kier alpha value is -1.36. The van der Waals surface area contributed by atoms with Crippen molar-refractivity contribution in [3.05, 3.63) is 22.6 Å². The maximum Gasteiger partial charge on any atom is 0.268 e. The van der Waals surface area contributed by atoms with Crippen molar-refractivity contribution in [3.8, 4) is 0 Å². The summed E-state index contributed by atoms with van der Waals surface area (Å²) in [7, 11) is 3.72. The summed E-state index contributed by atoms with van der Waals surface area (Å²) < 4.78 is 1.36. The van der Waals surface area contributed by atoms with Crippen LogP contribution in [0.25, 0.3) is 0 Å². The maximum atomic E-state index is 11.5. The number of hydrogen-bond donors (Lipinski definition) is 1. The molecule has 1 unspecified atom stereocenters. The Labute approximate surface area is 89.0 Å². The van der Waals surface area contributed by atoms with E-state index >= 15 is 0 Å². The summed E-state index contributed by atoms with van der Waals surface area (Å²) in [5.74, 6) is 0. The first-order valence-electron chi connectivity index (χ1n) is 4.93. The van der Waals surface area contributed by atoms with Crippen LogP contribution in [-0.2, 0) is 6.54 Å². The number of aryl methyl sites for hydroxylation is 1. The summed E-state index contributed by atoms with van der Waals surface area (Å²) in [5, 5.41) is 13.1. The SMILES string of the molecule is CC(O)CCn1ncc(N(C)C)cc1=O. The van der Waals surface area contributed by atoms with Crippen molar-refractivity contribution in [3.63, 3.8) is 0 Å². The maximum absolute atomic E-state index is 11.5. The minimum atomic E-state index is -0.410. The Kier molecular flexibility index (Phi) is 3.85. The topological polar surface area (TPSA) is 58.4 Å². The molecule has 1 rings (SSSR count). The third-order valence-corrected chi connectivity index (χ3v) is 2.13. The highest BCUT2D eigenvalue weighted by Gasteiger charge is 2.02. The molecule has 5 heteroatoms. The molecule has 5 nitrogen and oxygen atoms in total. The Morgan fingerprint density at radius 1 is 1.60 bits per heavy atom. The summed E-state index contributed by atoms with van der Waals surface area (Å²) in [5.41, 5.74) is 0.648. The van der Waals surface area contributed by atoms with Crippen LogP contribution in [-0.4, -0.2) is 35.1 Å². The second-order valence-electron chi connectivity index (χ2n) is 3.81. The van der Waals surface area contributed by atoms with E-state index in [-0.39, 0.29) is 5.56 Å². The van der Waals surface area contributed by atoms with E-state index in [1.54, 1.807) is 13.1 Å². The molecule has 0 spiro atoms. The fraction of sp³-hybridized carbons (Fsp3) is 0.600. The molecule has 0 amide bonds. The molecule has 15 heavy (non-hydrogen) atoms. The molecule has 0 fully saturated rings. The first-order chi connectivity index (χ1) is 7.00. The highest BCUT2D eigenvalue weighted by atomic mass is 16.3. The van der Waals surface area contributed by atoms with Crippen LogP contribution in [0.3, 0.4) is 0 Å². The highest BCUT2D eigenvalue weighted by molar-refractivity contribution is 5.40. The monoisotopic (exact) mass is 211 g/mol. The van der Waals surface area contributed by atoms with Crippen molar-refractivity contribution in [2.45, 2.75) is 26.0 Å². The zero-order chi connectivity index (χ0) is 11.4. The molecule has 0 radical (unpaired) electrons. The Morgan fingerprint density at radius 2 is 2.27 bits per heavy atom. The minimum Gasteiger partial charge on any atom is -0.393 e. The highest BCUT2D eigenvalue weighted by Crippen LogP contribution is 2.03. The van der Waals surface area contributed by atoms with Gasteiger partial charge in [0, 0.05) is 26.7 Å². The largest absolute Gasteiger partial charge is 0.393 e. The lowest BCUT2D eigenvalue weighted by molar-refractivity contribution is 0.175. The van der Waals surface area contributed by atoms with Crippen LogP contribution < -0.4 is 10.5 Å². The second-order valence-corrected chi connectivity index (χ2v) is 3.81. The van der Waals surface area contributed by atoms with Crippen LogP contribution in [0.2, 0.25) is 0 Å². The lowest BCUT2D eigenvalue weighted by Crippen LogP contribution is -2.25. The van der Waals surface area contributed by atoms with Crippen LogP contribution in [0.15, 0.2) is 17.1 Å². The van der Waals surface area contributed by atoms with Gasteiger partial charge in [-0.1, -0.05) is 0 Å². The summed E-state index contributed by atoms with van der Waals surface area (Å²) >= 11 is 0. The molecule has 1 atom stereocenters. The zero-order valence-corrected chi connectivity index (χ0v) is 9.34. The van der Waals surface area contributed by atoms with Crippen molar-refractivity contribution in [2.24, 2.45) is 0 Å². The molecule has 0 saturated heterocycles. The fourth-order valence-electron chi connectivity index (χ4n) is 1.15. The van der Waals surface area contributed by atoms with Gasteiger partial charge in [0.15, 0.2) is 0 Å². The van der Waals surface area contributed by atoms with Crippen molar-refractivity contribution in [1.82, 2.24) is 9.78 Å². The summed E-state index contributed by atoms with van der Waals surface area (Å²) in [6.07, 6.45) is 1.77. The summed E-state index contributed by atoms with van der Waals surface area (Å²) in [6, 6.07) is 1.54. The van der Waals surface area contributed by atoms with Crippen LogP contribution in [0.5, 0.6) is 0 Å². The van der Waals surface area contributed by atoms with Crippen molar-refractivity contribution in [1.29, 1.82) is 0 Å². The lowest BCUT2D eigenvalue weighted by Gasteiger charge is -2.12. The number of nitrogens with zero attached hydrogens (tertiary/aromatic N) is 3. The number of hydrogen-bond acceptors (Lipinski definition) is 4. The average molecular weight is 211 g/mol. The molecule has 0 aliphatic rings. The Bertz CT molecular complexity index is 371. The van der Waals surface area contributed by atoms with Gasteiger partial charge >= 0.3 is 0 Å². The molecular weight excluding hydrogens is 194 g/mol. The van der Waals surface area contributed by atoms with Crippen molar-refractivity contribution < 1.29 is 5.11 Å². The van der Waals surface area contributed by atoms with Gasteiger partial charge in [0.2, 0.25) is 0 Å². The molecule has 1 aromatic rings. The van der Waals surface area contributed by atoms with Gasteiger partial charge in [-0.2, -0.15) is 5.10 Å². The Morgan fingerprint density at radius 3 is 2.73 bits per heavy atom. The molecule has 0 aromatic carbocycles. The lowest BCUT2D eigenvalue weighted by atomic mass is 10.3. The predicted octanol–water partition coefficient (Wildman–Crippen LogP) is 0.0802. The van der Waals surface area contributed by atoms with E-state index in [0.29, 0.717) is 13.0 Å². The number of aliphatic hydroxyl groups is 1. The van der Waals surface area contributed by atoms with Gasteiger partial charge < -0.3 is 10.0 Å². The van der Waals surface area contributed by atoms with Gasteiger partial charge in [-0.25, -0.2) is 4.68 Å². The number of aliphatic hydroxyl groups excluding tert-OH is 1. The molecule has 84 valence electrons. The zero-order valence-electron chi connectivity index (χ0n) is 9.34. The van der Waals surface area contributed by atoms with Crippen LogP contribution >= 0.6 is 0 Å². The third kappa shape index (κ3) is 3.36. The first-order valence-corrected chi connectivity index (χ1v) is 4.93. The first kappa shape index (κ1) is 11.7. The molecule has 1 aromatic heterocycles. The van der Waals surface area contributed by atoms with Crippen molar-refractivity contribution >= 4 is 5.69 Å². The molecule has 1 heterocycles. The number of rotatable bonds is 4. The van der Waals surface area contributed by atoms with Crippen LogP contribution in [0.4, 0.5) is 5.69 Å². The van der Waals surface area contributed by atoms with E-state index in [1.165, 1.54) is 10.7 Å². The minimum absolute atomic E-state index is 0.137. The standard InChI is InChI=1S/C10H17N3O2/c1-8(14)4-5-13-10(15)6-9(7-11-13)12(2)3/h6-8,14H,4-5H2,1-3H3. The van der Waals surface area contributed by atoms with Gasteiger partial charge in [0.1, 0.15) is 0 Å². The number of anilines is 1. The fourth-order valence-corrected chi connectivity index (χ4v) is 1.15. The summed E-state index contributed by atoms with van der Waals surface area (Å²) in [4.78, 5) is 13.4. The van der Waals surface area contributed by atoms with Gasteiger partial charge in [-0.3, -0.25) is 4.79 Å². The predicted molar refractivity (Wildman–Crippen MR) is 59.1 cm³/mol. The van der Waals surface area contributed by atoms with E-state index < -0.39 is 6.10 Å². The average Bonchev–Trinajstić information content (AvgIpc) is 2.15. The van der Waals surface area contributed by atoms with Gasteiger partial charge in [0.05, 0.1) is 18.0 Å². The van der Waals surface area contributed by atoms with E-state index in [1.807, 2.05) is 19.0 Å². The van der Waals surface area contributed by atoms with Crippen LogP contribution in [0, 0.1) is 0 Å². The van der Waals surface area contributed by atoms with Crippen LogP contribution in [0.1, 0.15) is 13.3 Å². The third-order valence-electron chi connectivity index (χ3n) is 2.13. The molecule has 1 N–H and O–H groups in total. The summed E-state index contributed by atoms with van der Waals surface area (Å²) in [6.45, 7) is 2.14. The smallest absolute Gasteiger partial charge is 0.268 e. The van der Waals surface area contributed by atoms with Gasteiger partial charge in [-0.05, 0) is 13.3 Å². The number of aromatic nitrogens is 2. The van der Waals surface area contributed by atoms with Gasteiger partial charge in [-0.15, -0.1) is 0 Å². The quantitative estimate of drug-likeness (QED) is 0.766. The second kappa shape index (κ2) is 4.93. The molecular formula is C10H17N3O2. The molecule has 0 saturated carbocycles.